The molecule has 1 atom stereocenters. The number of imide groups is 1. The molecular weight excluding hydrogens is 294 g/mol. The average molecular weight is 317 g/mol. The van der Waals surface area contributed by atoms with Crippen molar-refractivity contribution in [3.05, 3.63) is 35.4 Å². The molecule has 1 N–H and O–H groups in total. The first-order valence-corrected chi connectivity index (χ1v) is 7.73. The van der Waals surface area contributed by atoms with E-state index < -0.39 is 17.5 Å². The van der Waals surface area contributed by atoms with Gasteiger partial charge < -0.3 is 10.2 Å². The van der Waals surface area contributed by atoms with E-state index in [1.165, 1.54) is 10.5 Å². The monoisotopic (exact) mass is 317 g/mol. The third-order valence-electron chi connectivity index (χ3n) is 4.14. The van der Waals surface area contributed by atoms with Gasteiger partial charge >= 0.3 is 6.03 Å². The van der Waals surface area contributed by atoms with Crippen LogP contribution in [0.25, 0.3) is 0 Å². The van der Waals surface area contributed by atoms with Crippen molar-refractivity contribution in [3.63, 3.8) is 0 Å². The van der Waals surface area contributed by atoms with E-state index in [-0.39, 0.29) is 12.5 Å². The van der Waals surface area contributed by atoms with Crippen molar-refractivity contribution in [2.75, 3.05) is 20.6 Å². The molecule has 0 aliphatic carbocycles. The maximum atomic E-state index is 12.7. The predicted molar refractivity (Wildman–Crippen MR) is 86.7 cm³/mol. The zero-order chi connectivity index (χ0) is 17.2. The molecule has 4 amide bonds. The van der Waals surface area contributed by atoms with Gasteiger partial charge in [-0.05, 0) is 24.5 Å². The molecule has 23 heavy (non-hydrogen) atoms. The Hall–Kier alpha value is -2.37. The molecule has 1 heterocycles. The van der Waals surface area contributed by atoms with E-state index in [1.54, 1.807) is 21.0 Å². The van der Waals surface area contributed by atoms with Gasteiger partial charge in [0.25, 0.3) is 5.91 Å². The minimum absolute atomic E-state index is 0.249. The number of urea groups is 1. The molecule has 1 fully saturated rings. The number of carbonyl (C=O) groups excluding carboxylic acids is 3. The summed E-state index contributed by atoms with van der Waals surface area (Å²) in [5.74, 6) is -0.697. The van der Waals surface area contributed by atoms with E-state index in [4.69, 9.17) is 0 Å². The molecule has 2 rings (SSSR count). The topological polar surface area (TPSA) is 69.7 Å². The fourth-order valence-electron chi connectivity index (χ4n) is 2.61. The lowest BCUT2D eigenvalue weighted by molar-refractivity contribution is -0.137. The van der Waals surface area contributed by atoms with Gasteiger partial charge in [-0.2, -0.15) is 0 Å². The zero-order valence-corrected chi connectivity index (χ0v) is 14.0. The lowest BCUT2D eigenvalue weighted by Gasteiger charge is -2.22. The second kappa shape index (κ2) is 6.40. The first-order valence-electron chi connectivity index (χ1n) is 7.73. The fourth-order valence-corrected chi connectivity index (χ4v) is 2.61. The number of hydrogen-bond donors (Lipinski definition) is 1. The van der Waals surface area contributed by atoms with Crippen molar-refractivity contribution < 1.29 is 14.4 Å². The number of rotatable bonds is 5. The van der Waals surface area contributed by atoms with Gasteiger partial charge in [-0.15, -0.1) is 0 Å². The van der Waals surface area contributed by atoms with Crippen LogP contribution in [0.1, 0.15) is 31.4 Å². The molecule has 0 radical (unpaired) electrons. The van der Waals surface area contributed by atoms with Crippen molar-refractivity contribution in [2.24, 2.45) is 0 Å². The van der Waals surface area contributed by atoms with Crippen molar-refractivity contribution in [1.82, 2.24) is 15.1 Å². The Morgan fingerprint density at radius 2 is 1.83 bits per heavy atom. The number of nitrogens with one attached hydrogen (secondary N) is 1. The summed E-state index contributed by atoms with van der Waals surface area (Å²) in [7, 11) is 3.18. The maximum Gasteiger partial charge on any atom is 0.325 e. The molecular formula is C17H23N3O3. The van der Waals surface area contributed by atoms with Crippen LogP contribution in [0.2, 0.25) is 0 Å². The molecule has 0 bridgehead atoms. The Labute approximate surface area is 136 Å². The number of aryl methyl sites for hydroxylation is 1. The summed E-state index contributed by atoms with van der Waals surface area (Å²) >= 11 is 0. The number of amides is 4. The lowest BCUT2D eigenvalue weighted by Crippen LogP contribution is -2.43. The van der Waals surface area contributed by atoms with E-state index in [9.17, 15) is 14.4 Å². The second-order valence-corrected chi connectivity index (χ2v) is 6.18. The van der Waals surface area contributed by atoms with Crippen LogP contribution in [0.3, 0.4) is 0 Å². The lowest BCUT2D eigenvalue weighted by atomic mass is 9.91. The molecule has 6 nitrogen and oxygen atoms in total. The van der Waals surface area contributed by atoms with Crippen LogP contribution in [0, 0.1) is 0 Å². The number of carbonyl (C=O) groups is 3. The van der Waals surface area contributed by atoms with E-state index in [2.05, 4.69) is 12.2 Å². The normalized spacial score (nSPS) is 20.6. The Balaban J connectivity index is 2.23. The molecule has 0 aromatic heterocycles. The predicted octanol–water partition coefficient (Wildman–Crippen LogP) is 1.49. The molecule has 6 heteroatoms. The fraction of sp³-hybridized carbons (Fsp3) is 0.471. The van der Waals surface area contributed by atoms with E-state index in [1.807, 2.05) is 24.3 Å². The molecule has 1 unspecified atom stereocenters. The Bertz CT molecular complexity index is 624. The summed E-state index contributed by atoms with van der Waals surface area (Å²) in [5, 5.41) is 2.71. The first-order chi connectivity index (χ1) is 10.8. The second-order valence-electron chi connectivity index (χ2n) is 6.18. The Morgan fingerprint density at radius 1 is 1.22 bits per heavy atom. The molecule has 1 aliphatic heterocycles. The van der Waals surface area contributed by atoms with E-state index in [0.29, 0.717) is 0 Å². The zero-order valence-electron chi connectivity index (χ0n) is 14.0. The number of likely N-dealkylation sites (N-methyl/N-ethyl adjacent to an activating group) is 1. The summed E-state index contributed by atoms with van der Waals surface area (Å²) in [6.07, 6.45) is 2.02. The third kappa shape index (κ3) is 3.21. The largest absolute Gasteiger partial charge is 0.347 e. The van der Waals surface area contributed by atoms with Crippen molar-refractivity contribution >= 4 is 17.8 Å². The first kappa shape index (κ1) is 17.0. The van der Waals surface area contributed by atoms with E-state index >= 15 is 0 Å². The molecule has 1 aromatic carbocycles. The molecule has 1 aliphatic rings. The molecule has 124 valence electrons. The van der Waals surface area contributed by atoms with Crippen LogP contribution in [-0.4, -0.2) is 48.3 Å². The Kier molecular flexibility index (Phi) is 4.73. The van der Waals surface area contributed by atoms with Crippen molar-refractivity contribution in [3.8, 4) is 0 Å². The van der Waals surface area contributed by atoms with Gasteiger partial charge in [0, 0.05) is 14.1 Å². The molecule has 0 spiro atoms. The summed E-state index contributed by atoms with van der Waals surface area (Å²) < 4.78 is 0. The highest BCUT2D eigenvalue weighted by atomic mass is 16.2. The van der Waals surface area contributed by atoms with Crippen LogP contribution in [0.5, 0.6) is 0 Å². The Morgan fingerprint density at radius 3 is 2.35 bits per heavy atom. The summed E-state index contributed by atoms with van der Waals surface area (Å²) in [4.78, 5) is 38.9. The minimum Gasteiger partial charge on any atom is -0.347 e. The quantitative estimate of drug-likeness (QED) is 0.837. The summed E-state index contributed by atoms with van der Waals surface area (Å²) in [6, 6.07) is 7.13. The number of nitrogens with zero attached hydrogens (tertiary/aromatic N) is 2. The summed E-state index contributed by atoms with van der Waals surface area (Å²) in [6.45, 7) is 3.53. The molecule has 0 saturated carbocycles. The molecule has 1 aromatic rings. The van der Waals surface area contributed by atoms with Gasteiger partial charge in [-0.25, -0.2) is 4.79 Å². The van der Waals surface area contributed by atoms with Gasteiger partial charge in [-0.1, -0.05) is 37.6 Å². The van der Waals surface area contributed by atoms with Crippen LogP contribution >= 0.6 is 0 Å². The smallest absolute Gasteiger partial charge is 0.325 e. The minimum atomic E-state index is -1.13. The van der Waals surface area contributed by atoms with Gasteiger partial charge in [0.2, 0.25) is 5.91 Å². The molecule has 1 saturated heterocycles. The van der Waals surface area contributed by atoms with E-state index in [0.717, 1.165) is 23.3 Å². The highest BCUT2D eigenvalue weighted by Crippen LogP contribution is 2.29. The van der Waals surface area contributed by atoms with Gasteiger partial charge in [0.1, 0.15) is 12.1 Å². The van der Waals surface area contributed by atoms with Crippen LogP contribution < -0.4 is 5.32 Å². The van der Waals surface area contributed by atoms with Gasteiger partial charge in [-0.3, -0.25) is 14.5 Å². The standard InChI is InChI=1S/C17H23N3O3/c1-5-6-12-7-9-13(10-8-12)17(2)15(22)20(16(23)18-17)11-14(21)19(3)4/h7-10H,5-6,11H2,1-4H3,(H,18,23). The van der Waals surface area contributed by atoms with Crippen LogP contribution in [-0.2, 0) is 21.5 Å². The van der Waals surface area contributed by atoms with Crippen LogP contribution in [0.15, 0.2) is 24.3 Å². The van der Waals surface area contributed by atoms with Crippen molar-refractivity contribution in [2.45, 2.75) is 32.2 Å². The summed E-state index contributed by atoms with van der Waals surface area (Å²) in [5.41, 5.74) is 0.779. The van der Waals surface area contributed by atoms with Crippen molar-refractivity contribution in [1.29, 1.82) is 0 Å². The highest BCUT2D eigenvalue weighted by molar-refractivity contribution is 6.09. The van der Waals surface area contributed by atoms with Crippen LogP contribution in [0.4, 0.5) is 4.79 Å². The maximum absolute atomic E-state index is 12.7. The highest BCUT2D eigenvalue weighted by Gasteiger charge is 2.49. The SMILES string of the molecule is CCCc1ccc(C2(C)NC(=O)N(CC(=O)N(C)C)C2=O)cc1. The average Bonchev–Trinajstić information content (AvgIpc) is 2.72. The number of benzene rings is 1. The van der Waals surface area contributed by atoms with Gasteiger partial charge in [0.15, 0.2) is 0 Å². The third-order valence-corrected chi connectivity index (χ3v) is 4.14. The van der Waals surface area contributed by atoms with Gasteiger partial charge in [0.05, 0.1) is 0 Å². The number of hydrogen-bond acceptors (Lipinski definition) is 3.